The standard InChI is InChI=1S/C13H19N3/c1-3-5-7-11(6-4-2)13-15-9-8-12(10-14)16-13/h8-9,11H,3-7H2,1-2H3. The third-order valence-electron chi connectivity index (χ3n) is 2.70. The van der Waals surface area contributed by atoms with Gasteiger partial charge in [-0.15, -0.1) is 0 Å². The predicted octanol–water partition coefficient (Wildman–Crippen LogP) is 3.42. The van der Waals surface area contributed by atoms with Gasteiger partial charge in [-0.1, -0.05) is 33.1 Å². The number of nitriles is 1. The van der Waals surface area contributed by atoms with Gasteiger partial charge in [0.1, 0.15) is 17.6 Å². The highest BCUT2D eigenvalue weighted by molar-refractivity contribution is 5.19. The molecular weight excluding hydrogens is 198 g/mol. The SMILES string of the molecule is CCCCC(CCC)c1nccc(C#N)n1. The van der Waals surface area contributed by atoms with Crippen molar-refractivity contribution in [3.63, 3.8) is 0 Å². The second-order valence-corrected chi connectivity index (χ2v) is 4.04. The Balaban J connectivity index is 2.79. The van der Waals surface area contributed by atoms with E-state index < -0.39 is 0 Å². The van der Waals surface area contributed by atoms with E-state index in [0.717, 1.165) is 25.1 Å². The normalized spacial score (nSPS) is 12.1. The number of nitrogens with zero attached hydrogens (tertiary/aromatic N) is 3. The molecule has 1 atom stereocenters. The first-order chi connectivity index (χ1) is 7.81. The molecule has 0 N–H and O–H groups in total. The van der Waals surface area contributed by atoms with Crippen molar-refractivity contribution in [3.05, 3.63) is 23.8 Å². The Bertz CT molecular complexity index is 354. The van der Waals surface area contributed by atoms with Crippen LogP contribution in [0.4, 0.5) is 0 Å². The van der Waals surface area contributed by atoms with Crippen LogP contribution < -0.4 is 0 Å². The molecule has 0 aromatic carbocycles. The molecule has 0 saturated heterocycles. The number of rotatable bonds is 6. The number of hydrogen-bond acceptors (Lipinski definition) is 3. The van der Waals surface area contributed by atoms with Crippen LogP contribution in [0.5, 0.6) is 0 Å². The molecule has 0 aliphatic carbocycles. The Morgan fingerprint density at radius 1 is 1.31 bits per heavy atom. The fraction of sp³-hybridized carbons (Fsp3) is 0.615. The van der Waals surface area contributed by atoms with Crippen LogP contribution in [0.2, 0.25) is 0 Å². The topological polar surface area (TPSA) is 49.6 Å². The molecule has 0 spiro atoms. The molecule has 3 nitrogen and oxygen atoms in total. The smallest absolute Gasteiger partial charge is 0.144 e. The lowest BCUT2D eigenvalue weighted by Gasteiger charge is -2.13. The van der Waals surface area contributed by atoms with Gasteiger partial charge in [0, 0.05) is 12.1 Å². The molecule has 1 unspecified atom stereocenters. The van der Waals surface area contributed by atoms with E-state index in [1.165, 1.54) is 12.8 Å². The van der Waals surface area contributed by atoms with Crippen LogP contribution in [0.1, 0.15) is 63.4 Å². The fourth-order valence-corrected chi connectivity index (χ4v) is 1.83. The van der Waals surface area contributed by atoms with E-state index in [1.54, 1.807) is 12.3 Å². The van der Waals surface area contributed by atoms with Gasteiger partial charge in [-0.05, 0) is 18.9 Å². The van der Waals surface area contributed by atoms with E-state index in [4.69, 9.17) is 5.26 Å². The molecule has 1 rings (SSSR count). The van der Waals surface area contributed by atoms with Crippen LogP contribution in [0.15, 0.2) is 12.3 Å². The molecular formula is C13H19N3. The second-order valence-electron chi connectivity index (χ2n) is 4.04. The largest absolute Gasteiger partial charge is 0.241 e. The van der Waals surface area contributed by atoms with Gasteiger partial charge in [0.05, 0.1) is 0 Å². The first-order valence-corrected chi connectivity index (χ1v) is 6.04. The number of aromatic nitrogens is 2. The maximum absolute atomic E-state index is 8.81. The Kier molecular flexibility index (Phi) is 5.49. The Hall–Kier alpha value is -1.43. The maximum atomic E-state index is 8.81. The fourth-order valence-electron chi connectivity index (χ4n) is 1.83. The summed E-state index contributed by atoms with van der Waals surface area (Å²) in [7, 11) is 0. The molecule has 1 heterocycles. The predicted molar refractivity (Wildman–Crippen MR) is 63.9 cm³/mol. The zero-order valence-corrected chi connectivity index (χ0v) is 10.1. The third kappa shape index (κ3) is 3.62. The maximum Gasteiger partial charge on any atom is 0.144 e. The molecule has 0 amide bonds. The molecule has 0 aliphatic rings. The summed E-state index contributed by atoms with van der Waals surface area (Å²) in [6.45, 7) is 4.36. The van der Waals surface area contributed by atoms with Crippen molar-refractivity contribution < 1.29 is 0 Å². The lowest BCUT2D eigenvalue weighted by molar-refractivity contribution is 0.516. The van der Waals surface area contributed by atoms with Crippen molar-refractivity contribution in [2.45, 2.75) is 51.9 Å². The van der Waals surface area contributed by atoms with Crippen molar-refractivity contribution in [2.75, 3.05) is 0 Å². The molecule has 0 fully saturated rings. The lowest BCUT2D eigenvalue weighted by Crippen LogP contribution is -2.05. The first kappa shape index (κ1) is 12.6. The number of unbranched alkanes of at least 4 members (excludes halogenated alkanes) is 1. The summed E-state index contributed by atoms with van der Waals surface area (Å²) in [4.78, 5) is 8.59. The van der Waals surface area contributed by atoms with E-state index in [-0.39, 0.29) is 0 Å². The summed E-state index contributed by atoms with van der Waals surface area (Å²) >= 11 is 0. The van der Waals surface area contributed by atoms with Crippen molar-refractivity contribution in [3.8, 4) is 6.07 Å². The highest BCUT2D eigenvalue weighted by Gasteiger charge is 2.13. The molecule has 0 aliphatic heterocycles. The van der Waals surface area contributed by atoms with E-state index in [1.807, 2.05) is 0 Å². The van der Waals surface area contributed by atoms with Crippen LogP contribution in [0, 0.1) is 11.3 Å². The van der Waals surface area contributed by atoms with Crippen molar-refractivity contribution in [2.24, 2.45) is 0 Å². The minimum absolute atomic E-state index is 0.415. The third-order valence-corrected chi connectivity index (χ3v) is 2.70. The monoisotopic (exact) mass is 217 g/mol. The van der Waals surface area contributed by atoms with Crippen LogP contribution in [-0.4, -0.2) is 9.97 Å². The second kappa shape index (κ2) is 6.95. The van der Waals surface area contributed by atoms with Gasteiger partial charge < -0.3 is 0 Å². The molecule has 0 bridgehead atoms. The van der Waals surface area contributed by atoms with Gasteiger partial charge in [-0.3, -0.25) is 0 Å². The van der Waals surface area contributed by atoms with E-state index in [0.29, 0.717) is 11.6 Å². The summed E-state index contributed by atoms with van der Waals surface area (Å²) in [5.41, 5.74) is 0.475. The van der Waals surface area contributed by atoms with Crippen molar-refractivity contribution in [1.82, 2.24) is 9.97 Å². The van der Waals surface area contributed by atoms with Crippen LogP contribution in [0.3, 0.4) is 0 Å². The van der Waals surface area contributed by atoms with Crippen molar-refractivity contribution in [1.29, 1.82) is 5.26 Å². The zero-order valence-electron chi connectivity index (χ0n) is 10.1. The molecule has 0 radical (unpaired) electrons. The van der Waals surface area contributed by atoms with E-state index in [9.17, 15) is 0 Å². The van der Waals surface area contributed by atoms with Gasteiger partial charge >= 0.3 is 0 Å². The number of hydrogen-bond donors (Lipinski definition) is 0. The average molecular weight is 217 g/mol. The summed E-state index contributed by atoms with van der Waals surface area (Å²) in [6.07, 6.45) is 7.45. The summed E-state index contributed by atoms with van der Waals surface area (Å²) in [5.74, 6) is 1.26. The van der Waals surface area contributed by atoms with Crippen LogP contribution in [0.25, 0.3) is 0 Å². The Labute approximate surface area is 97.5 Å². The lowest BCUT2D eigenvalue weighted by atomic mass is 9.96. The molecule has 86 valence electrons. The molecule has 1 aromatic rings. The zero-order chi connectivity index (χ0) is 11.8. The first-order valence-electron chi connectivity index (χ1n) is 6.04. The average Bonchev–Trinajstić information content (AvgIpc) is 2.34. The highest BCUT2D eigenvalue weighted by atomic mass is 14.9. The summed E-state index contributed by atoms with van der Waals surface area (Å²) in [5, 5.41) is 8.81. The van der Waals surface area contributed by atoms with E-state index >= 15 is 0 Å². The van der Waals surface area contributed by atoms with Gasteiger partial charge in [0.15, 0.2) is 0 Å². The van der Waals surface area contributed by atoms with Gasteiger partial charge in [0.25, 0.3) is 0 Å². The minimum Gasteiger partial charge on any atom is -0.241 e. The Morgan fingerprint density at radius 2 is 2.12 bits per heavy atom. The molecule has 16 heavy (non-hydrogen) atoms. The molecule has 3 heteroatoms. The summed E-state index contributed by atoms with van der Waals surface area (Å²) in [6, 6.07) is 3.73. The minimum atomic E-state index is 0.415. The van der Waals surface area contributed by atoms with Gasteiger partial charge in [0.2, 0.25) is 0 Å². The van der Waals surface area contributed by atoms with Crippen LogP contribution >= 0.6 is 0 Å². The quantitative estimate of drug-likeness (QED) is 0.733. The van der Waals surface area contributed by atoms with Crippen molar-refractivity contribution >= 4 is 0 Å². The highest BCUT2D eigenvalue weighted by Crippen LogP contribution is 2.23. The van der Waals surface area contributed by atoms with Gasteiger partial charge in [-0.2, -0.15) is 5.26 Å². The van der Waals surface area contributed by atoms with Crippen LogP contribution in [-0.2, 0) is 0 Å². The summed E-state index contributed by atoms with van der Waals surface area (Å²) < 4.78 is 0. The van der Waals surface area contributed by atoms with E-state index in [2.05, 4.69) is 29.9 Å². The Morgan fingerprint density at radius 3 is 2.75 bits per heavy atom. The molecule has 1 aromatic heterocycles. The van der Waals surface area contributed by atoms with Gasteiger partial charge in [-0.25, -0.2) is 9.97 Å². The molecule has 0 saturated carbocycles.